The molecule has 0 atom stereocenters. The number of nitrogens with two attached hydrogens (primary N) is 1. The normalized spacial score (nSPS) is 15.8. The van der Waals surface area contributed by atoms with Crippen molar-refractivity contribution in [1.82, 2.24) is 14.5 Å². The Morgan fingerprint density at radius 1 is 1.30 bits per heavy atom. The van der Waals surface area contributed by atoms with E-state index in [0.717, 1.165) is 42.5 Å². The van der Waals surface area contributed by atoms with Crippen LogP contribution in [0.3, 0.4) is 0 Å². The zero-order valence-corrected chi connectivity index (χ0v) is 11.8. The summed E-state index contributed by atoms with van der Waals surface area (Å²) in [6.07, 6.45) is 3.43. The van der Waals surface area contributed by atoms with Crippen molar-refractivity contribution in [3.8, 4) is 0 Å². The molecule has 0 bridgehead atoms. The van der Waals surface area contributed by atoms with E-state index in [1.165, 1.54) is 6.42 Å². The van der Waals surface area contributed by atoms with Gasteiger partial charge in [0.25, 0.3) is 0 Å². The van der Waals surface area contributed by atoms with E-state index in [2.05, 4.69) is 4.98 Å². The van der Waals surface area contributed by atoms with Gasteiger partial charge in [0.2, 0.25) is 11.9 Å². The number of aromatic nitrogens is 2. The van der Waals surface area contributed by atoms with E-state index in [4.69, 9.17) is 5.73 Å². The number of benzene rings is 1. The molecule has 5 nitrogen and oxygen atoms in total. The van der Waals surface area contributed by atoms with Gasteiger partial charge in [-0.2, -0.15) is 0 Å². The maximum atomic E-state index is 12.4. The molecule has 3 rings (SSSR count). The second-order valence-electron chi connectivity index (χ2n) is 5.49. The number of amides is 1. The largest absolute Gasteiger partial charge is 0.369 e. The Labute approximate surface area is 118 Å². The van der Waals surface area contributed by atoms with Crippen LogP contribution < -0.4 is 5.73 Å². The summed E-state index contributed by atoms with van der Waals surface area (Å²) < 4.78 is 1.81. The van der Waals surface area contributed by atoms with Crippen LogP contribution in [0.25, 0.3) is 11.0 Å². The number of imidazole rings is 1. The Balaban J connectivity index is 1.86. The molecule has 0 radical (unpaired) electrons. The van der Waals surface area contributed by atoms with Gasteiger partial charge in [-0.25, -0.2) is 4.98 Å². The van der Waals surface area contributed by atoms with Crippen LogP contribution in [0.4, 0.5) is 5.95 Å². The van der Waals surface area contributed by atoms with E-state index in [9.17, 15) is 4.79 Å². The molecule has 0 unspecified atom stereocenters. The topological polar surface area (TPSA) is 64.1 Å². The van der Waals surface area contributed by atoms with E-state index in [-0.39, 0.29) is 12.5 Å². The zero-order chi connectivity index (χ0) is 14.1. The van der Waals surface area contributed by atoms with Gasteiger partial charge >= 0.3 is 0 Å². The quantitative estimate of drug-likeness (QED) is 0.908. The fraction of sp³-hybridized carbons (Fsp3) is 0.467. The summed E-state index contributed by atoms with van der Waals surface area (Å²) in [4.78, 5) is 18.6. The van der Waals surface area contributed by atoms with Crippen LogP contribution >= 0.6 is 0 Å². The number of nitrogens with zero attached hydrogens (tertiary/aromatic N) is 3. The number of fused-ring (bicyclic) bond motifs is 1. The lowest BCUT2D eigenvalue weighted by Crippen LogP contribution is -2.37. The Morgan fingerprint density at radius 2 is 2.05 bits per heavy atom. The number of likely N-dealkylation sites (tertiary alicyclic amines) is 1. The highest BCUT2D eigenvalue weighted by Crippen LogP contribution is 2.20. The minimum atomic E-state index is 0.135. The number of carbonyl (C=O) groups excluding carboxylic acids is 1. The van der Waals surface area contributed by atoms with Crippen LogP contribution in [-0.4, -0.2) is 33.4 Å². The van der Waals surface area contributed by atoms with Crippen molar-refractivity contribution in [2.45, 2.75) is 32.7 Å². The third kappa shape index (κ3) is 2.35. The summed E-state index contributed by atoms with van der Waals surface area (Å²) in [6, 6.07) is 6.00. The predicted octanol–water partition coefficient (Wildman–Crippen LogP) is 1.94. The molecule has 1 amide bonds. The monoisotopic (exact) mass is 272 g/mol. The van der Waals surface area contributed by atoms with Crippen molar-refractivity contribution >= 4 is 22.9 Å². The maximum absolute atomic E-state index is 12.4. The Kier molecular flexibility index (Phi) is 3.34. The summed E-state index contributed by atoms with van der Waals surface area (Å²) >= 11 is 0. The van der Waals surface area contributed by atoms with Crippen molar-refractivity contribution in [2.24, 2.45) is 0 Å². The van der Waals surface area contributed by atoms with E-state index in [0.29, 0.717) is 5.95 Å². The molecule has 20 heavy (non-hydrogen) atoms. The fourth-order valence-corrected chi connectivity index (χ4v) is 2.80. The van der Waals surface area contributed by atoms with Crippen LogP contribution in [0.5, 0.6) is 0 Å². The first-order valence-electron chi connectivity index (χ1n) is 7.15. The standard InChI is InChI=1S/C15H20N4O/c1-11-5-6-13-12(9-11)17-15(16)19(13)10-14(20)18-7-3-2-4-8-18/h5-6,9H,2-4,7-8,10H2,1H3,(H2,16,17). The van der Waals surface area contributed by atoms with Gasteiger partial charge in [0.1, 0.15) is 6.54 Å². The molecule has 2 heterocycles. The third-order valence-corrected chi connectivity index (χ3v) is 3.94. The number of carbonyl (C=O) groups is 1. The molecule has 1 fully saturated rings. The average Bonchev–Trinajstić information content (AvgIpc) is 2.75. The molecule has 106 valence electrons. The highest BCUT2D eigenvalue weighted by atomic mass is 16.2. The lowest BCUT2D eigenvalue weighted by atomic mass is 10.1. The minimum absolute atomic E-state index is 0.135. The molecule has 2 aromatic rings. The van der Waals surface area contributed by atoms with Gasteiger partial charge in [-0.3, -0.25) is 4.79 Å². The van der Waals surface area contributed by atoms with E-state index in [1.54, 1.807) is 0 Å². The van der Waals surface area contributed by atoms with Gasteiger partial charge in [0.05, 0.1) is 11.0 Å². The minimum Gasteiger partial charge on any atom is -0.369 e. The number of nitrogen functional groups attached to an aromatic ring is 1. The van der Waals surface area contributed by atoms with Crippen LogP contribution in [0.2, 0.25) is 0 Å². The van der Waals surface area contributed by atoms with Gasteiger partial charge in [-0.15, -0.1) is 0 Å². The second kappa shape index (κ2) is 5.15. The summed E-state index contributed by atoms with van der Waals surface area (Å²) in [6.45, 7) is 4.04. The van der Waals surface area contributed by atoms with E-state index < -0.39 is 0 Å². The van der Waals surface area contributed by atoms with Gasteiger partial charge in [-0.1, -0.05) is 6.07 Å². The highest BCUT2D eigenvalue weighted by Gasteiger charge is 2.19. The molecule has 1 saturated heterocycles. The number of piperidine rings is 1. The summed E-state index contributed by atoms with van der Waals surface area (Å²) in [7, 11) is 0. The molecular weight excluding hydrogens is 252 g/mol. The van der Waals surface area contributed by atoms with Crippen molar-refractivity contribution < 1.29 is 4.79 Å². The maximum Gasteiger partial charge on any atom is 0.242 e. The molecule has 0 saturated carbocycles. The second-order valence-corrected chi connectivity index (χ2v) is 5.49. The summed E-state index contributed by atoms with van der Waals surface area (Å²) in [5.41, 5.74) is 8.89. The van der Waals surface area contributed by atoms with Crippen molar-refractivity contribution in [2.75, 3.05) is 18.8 Å². The molecule has 5 heteroatoms. The first-order chi connectivity index (χ1) is 9.65. The first kappa shape index (κ1) is 13.0. The lowest BCUT2D eigenvalue weighted by molar-refractivity contribution is -0.132. The zero-order valence-electron chi connectivity index (χ0n) is 11.8. The number of hydrogen-bond donors (Lipinski definition) is 1. The van der Waals surface area contributed by atoms with Crippen LogP contribution in [0, 0.1) is 6.92 Å². The summed E-state index contributed by atoms with van der Waals surface area (Å²) in [5, 5.41) is 0. The predicted molar refractivity (Wildman–Crippen MR) is 79.3 cm³/mol. The Bertz CT molecular complexity index is 641. The molecule has 1 aliphatic rings. The van der Waals surface area contributed by atoms with E-state index in [1.807, 2.05) is 34.6 Å². The highest BCUT2D eigenvalue weighted by molar-refractivity contribution is 5.83. The van der Waals surface area contributed by atoms with Crippen molar-refractivity contribution in [1.29, 1.82) is 0 Å². The number of hydrogen-bond acceptors (Lipinski definition) is 3. The number of aryl methyl sites for hydroxylation is 1. The van der Waals surface area contributed by atoms with Gasteiger partial charge in [-0.05, 0) is 43.9 Å². The molecule has 0 spiro atoms. The fourth-order valence-electron chi connectivity index (χ4n) is 2.80. The van der Waals surface area contributed by atoms with Crippen LogP contribution in [0.1, 0.15) is 24.8 Å². The molecule has 1 aliphatic heterocycles. The Hall–Kier alpha value is -2.04. The Morgan fingerprint density at radius 3 is 2.80 bits per heavy atom. The number of anilines is 1. The lowest BCUT2D eigenvalue weighted by Gasteiger charge is -2.27. The average molecular weight is 272 g/mol. The first-order valence-corrected chi connectivity index (χ1v) is 7.15. The van der Waals surface area contributed by atoms with Crippen LogP contribution in [-0.2, 0) is 11.3 Å². The van der Waals surface area contributed by atoms with Gasteiger partial charge in [0.15, 0.2) is 0 Å². The van der Waals surface area contributed by atoms with Crippen LogP contribution in [0.15, 0.2) is 18.2 Å². The molecule has 1 aromatic carbocycles. The third-order valence-electron chi connectivity index (χ3n) is 3.94. The molecule has 2 N–H and O–H groups in total. The molecular formula is C15H20N4O. The smallest absolute Gasteiger partial charge is 0.242 e. The SMILES string of the molecule is Cc1ccc2c(c1)nc(N)n2CC(=O)N1CCCCC1. The van der Waals surface area contributed by atoms with Crippen molar-refractivity contribution in [3.05, 3.63) is 23.8 Å². The summed E-state index contributed by atoms with van der Waals surface area (Å²) in [5.74, 6) is 0.548. The van der Waals surface area contributed by atoms with Gasteiger partial charge < -0.3 is 15.2 Å². The molecule has 1 aromatic heterocycles. The molecule has 0 aliphatic carbocycles. The van der Waals surface area contributed by atoms with Crippen molar-refractivity contribution in [3.63, 3.8) is 0 Å². The van der Waals surface area contributed by atoms with E-state index >= 15 is 0 Å². The number of rotatable bonds is 2. The van der Waals surface area contributed by atoms with Gasteiger partial charge in [0, 0.05) is 13.1 Å².